The smallest absolute Gasteiger partial charge is 0.235 e. The van der Waals surface area contributed by atoms with Gasteiger partial charge in [-0.05, 0) is 19.4 Å². The number of hydrogen-bond acceptors (Lipinski definition) is 5. The zero-order chi connectivity index (χ0) is 17.3. The molecule has 24 heavy (non-hydrogen) atoms. The minimum atomic E-state index is -0.191. The van der Waals surface area contributed by atoms with Gasteiger partial charge in [0.1, 0.15) is 16.2 Å². The van der Waals surface area contributed by atoms with Crippen molar-refractivity contribution in [1.82, 2.24) is 14.9 Å². The second kappa shape index (κ2) is 6.91. The molecule has 0 saturated carbocycles. The van der Waals surface area contributed by atoms with E-state index in [4.69, 9.17) is 0 Å². The maximum absolute atomic E-state index is 12.2. The lowest BCUT2D eigenvalue weighted by atomic mass is 10.1. The van der Waals surface area contributed by atoms with Crippen molar-refractivity contribution in [2.75, 3.05) is 14.1 Å². The van der Waals surface area contributed by atoms with E-state index in [0.29, 0.717) is 0 Å². The third-order valence-electron chi connectivity index (χ3n) is 3.77. The molecule has 0 aliphatic rings. The lowest BCUT2D eigenvalue weighted by Gasteiger charge is -2.16. The van der Waals surface area contributed by atoms with Crippen LogP contribution in [0.15, 0.2) is 41.0 Å². The van der Waals surface area contributed by atoms with Gasteiger partial charge in [-0.2, -0.15) is 0 Å². The van der Waals surface area contributed by atoms with Gasteiger partial charge in [0.2, 0.25) is 5.91 Å². The van der Waals surface area contributed by atoms with Crippen LogP contribution in [-0.4, -0.2) is 40.1 Å². The third-order valence-corrected chi connectivity index (χ3v) is 5.75. The van der Waals surface area contributed by atoms with Crippen LogP contribution in [0.4, 0.5) is 0 Å². The molecule has 2 aromatic heterocycles. The highest BCUT2D eigenvalue weighted by atomic mass is 32.2. The average Bonchev–Trinajstić information content (AvgIpc) is 3.00. The Balaban J connectivity index is 2.04. The van der Waals surface area contributed by atoms with Crippen LogP contribution in [-0.2, 0) is 4.79 Å². The van der Waals surface area contributed by atoms with Crippen molar-refractivity contribution in [3.8, 4) is 11.1 Å². The maximum Gasteiger partial charge on any atom is 0.235 e. The fraction of sp³-hybridized carbons (Fsp3) is 0.278. The van der Waals surface area contributed by atoms with Crippen LogP contribution in [0.3, 0.4) is 0 Å². The van der Waals surface area contributed by atoms with Crippen LogP contribution in [0.5, 0.6) is 0 Å². The Bertz CT molecular complexity index is 872. The first-order chi connectivity index (χ1) is 11.5. The molecule has 0 spiro atoms. The van der Waals surface area contributed by atoms with Gasteiger partial charge in [0.05, 0.1) is 10.6 Å². The highest BCUT2D eigenvalue weighted by Crippen LogP contribution is 2.39. The molecule has 0 unspecified atom stereocenters. The van der Waals surface area contributed by atoms with Crippen molar-refractivity contribution in [1.29, 1.82) is 0 Å². The number of carbonyl (C=O) groups excluding carboxylic acids is 1. The summed E-state index contributed by atoms with van der Waals surface area (Å²) < 4.78 is 0. The Morgan fingerprint density at radius 1 is 1.21 bits per heavy atom. The van der Waals surface area contributed by atoms with Crippen molar-refractivity contribution in [3.05, 3.63) is 41.5 Å². The number of carbonyl (C=O) groups is 1. The number of fused-ring (bicyclic) bond motifs is 1. The highest BCUT2D eigenvalue weighted by molar-refractivity contribution is 8.00. The third kappa shape index (κ3) is 3.30. The molecule has 124 valence electrons. The van der Waals surface area contributed by atoms with E-state index in [0.717, 1.165) is 26.4 Å². The number of thiophene rings is 1. The first kappa shape index (κ1) is 16.9. The summed E-state index contributed by atoms with van der Waals surface area (Å²) in [5.41, 5.74) is 3.51. The fourth-order valence-corrected chi connectivity index (χ4v) is 4.52. The Labute approximate surface area is 149 Å². The van der Waals surface area contributed by atoms with Crippen molar-refractivity contribution in [2.45, 2.75) is 24.1 Å². The van der Waals surface area contributed by atoms with Crippen LogP contribution in [0, 0.1) is 6.92 Å². The molecule has 4 nitrogen and oxygen atoms in total. The highest BCUT2D eigenvalue weighted by Gasteiger charge is 2.20. The zero-order valence-electron chi connectivity index (χ0n) is 14.1. The van der Waals surface area contributed by atoms with E-state index in [9.17, 15) is 4.79 Å². The van der Waals surface area contributed by atoms with Crippen LogP contribution in [0.1, 0.15) is 12.5 Å². The van der Waals surface area contributed by atoms with Crippen LogP contribution in [0.2, 0.25) is 0 Å². The van der Waals surface area contributed by atoms with Gasteiger partial charge < -0.3 is 4.90 Å². The van der Waals surface area contributed by atoms with Gasteiger partial charge in [0, 0.05) is 25.0 Å². The van der Waals surface area contributed by atoms with Gasteiger partial charge in [0.15, 0.2) is 0 Å². The number of aromatic nitrogens is 2. The Morgan fingerprint density at radius 3 is 2.58 bits per heavy atom. The van der Waals surface area contributed by atoms with E-state index >= 15 is 0 Å². The number of nitrogens with zero attached hydrogens (tertiary/aromatic N) is 3. The lowest BCUT2D eigenvalue weighted by molar-refractivity contribution is -0.127. The summed E-state index contributed by atoms with van der Waals surface area (Å²) in [6.45, 7) is 3.99. The van der Waals surface area contributed by atoms with Gasteiger partial charge in [-0.15, -0.1) is 11.3 Å². The number of hydrogen-bond donors (Lipinski definition) is 0. The molecule has 1 atom stereocenters. The topological polar surface area (TPSA) is 46.1 Å². The van der Waals surface area contributed by atoms with Crippen molar-refractivity contribution in [2.24, 2.45) is 0 Å². The van der Waals surface area contributed by atoms with E-state index in [1.165, 1.54) is 17.3 Å². The van der Waals surface area contributed by atoms with Gasteiger partial charge >= 0.3 is 0 Å². The summed E-state index contributed by atoms with van der Waals surface area (Å²) >= 11 is 3.10. The molecule has 3 aromatic rings. The molecule has 0 bridgehead atoms. The molecule has 2 heterocycles. The molecule has 0 aliphatic heterocycles. The molecule has 0 aliphatic carbocycles. The molecule has 1 aromatic carbocycles. The molecular formula is C18H19N3OS2. The zero-order valence-corrected chi connectivity index (χ0v) is 15.7. The van der Waals surface area contributed by atoms with Gasteiger partial charge in [0.25, 0.3) is 0 Å². The maximum atomic E-state index is 12.2. The quantitative estimate of drug-likeness (QED) is 0.518. The van der Waals surface area contributed by atoms with E-state index in [1.54, 1.807) is 36.7 Å². The molecule has 6 heteroatoms. The number of benzene rings is 1. The van der Waals surface area contributed by atoms with E-state index < -0.39 is 0 Å². The van der Waals surface area contributed by atoms with Gasteiger partial charge in [-0.1, -0.05) is 41.6 Å². The van der Waals surface area contributed by atoms with E-state index in [1.807, 2.05) is 6.92 Å². The Morgan fingerprint density at radius 2 is 1.92 bits per heavy atom. The van der Waals surface area contributed by atoms with Crippen LogP contribution in [0.25, 0.3) is 21.3 Å². The molecule has 0 saturated heterocycles. The number of thioether (sulfide) groups is 1. The second-order valence-electron chi connectivity index (χ2n) is 5.87. The molecule has 0 N–H and O–H groups in total. The minimum Gasteiger partial charge on any atom is -0.348 e. The monoisotopic (exact) mass is 357 g/mol. The summed E-state index contributed by atoms with van der Waals surface area (Å²) in [6, 6.07) is 8.45. The summed E-state index contributed by atoms with van der Waals surface area (Å²) in [5.74, 6) is 0.0823. The van der Waals surface area contributed by atoms with E-state index in [2.05, 4.69) is 46.5 Å². The number of aryl methyl sites for hydroxylation is 1. The molecule has 1 amide bonds. The summed E-state index contributed by atoms with van der Waals surface area (Å²) in [6.07, 6.45) is 1.58. The van der Waals surface area contributed by atoms with Crippen molar-refractivity contribution >= 4 is 39.2 Å². The van der Waals surface area contributed by atoms with Crippen LogP contribution >= 0.6 is 23.1 Å². The average molecular weight is 358 g/mol. The summed E-state index contributed by atoms with van der Waals surface area (Å²) in [4.78, 5) is 23.6. The summed E-state index contributed by atoms with van der Waals surface area (Å²) in [7, 11) is 3.55. The van der Waals surface area contributed by atoms with Crippen LogP contribution < -0.4 is 0 Å². The Kier molecular flexibility index (Phi) is 4.87. The predicted octanol–water partition coefficient (Wildman–Crippen LogP) is 4.24. The van der Waals surface area contributed by atoms with E-state index in [-0.39, 0.29) is 11.2 Å². The normalized spacial score (nSPS) is 12.3. The molecule has 0 fully saturated rings. The minimum absolute atomic E-state index is 0.0823. The first-order valence-electron chi connectivity index (χ1n) is 7.64. The SMILES string of the molecule is Cc1ccc(-c2csc3ncnc(S[C@H](C)C(=O)N(C)C)c23)cc1. The fourth-order valence-electron chi connectivity index (χ4n) is 2.46. The van der Waals surface area contributed by atoms with Gasteiger partial charge in [-0.3, -0.25) is 4.79 Å². The molecule has 0 radical (unpaired) electrons. The van der Waals surface area contributed by atoms with Crippen molar-refractivity contribution < 1.29 is 4.79 Å². The standard InChI is InChI=1S/C18H19N3OS2/c1-11-5-7-13(8-6-11)14-9-23-16-15(14)17(20-10-19-16)24-12(2)18(22)21(3)4/h5-10,12H,1-4H3/t12-/m1/s1. The molecular weight excluding hydrogens is 338 g/mol. The molecule has 3 rings (SSSR count). The number of amides is 1. The number of rotatable bonds is 4. The van der Waals surface area contributed by atoms with Gasteiger partial charge in [-0.25, -0.2) is 9.97 Å². The predicted molar refractivity (Wildman–Crippen MR) is 102 cm³/mol. The second-order valence-corrected chi connectivity index (χ2v) is 8.05. The largest absolute Gasteiger partial charge is 0.348 e. The summed E-state index contributed by atoms with van der Waals surface area (Å²) in [5, 5.41) is 3.82. The van der Waals surface area contributed by atoms with Crippen molar-refractivity contribution in [3.63, 3.8) is 0 Å². The first-order valence-corrected chi connectivity index (χ1v) is 9.40. The Hall–Kier alpha value is -1.92. The lowest BCUT2D eigenvalue weighted by Crippen LogP contribution is -2.29.